The van der Waals surface area contributed by atoms with Crippen LogP contribution >= 0.6 is 67.8 Å². The third-order valence-corrected chi connectivity index (χ3v) is 9.13. The van der Waals surface area contributed by atoms with Crippen molar-refractivity contribution in [1.29, 1.82) is 0 Å². The Morgan fingerprint density at radius 3 is 1.22 bits per heavy atom. The normalized spacial score (nSPS) is 11.9. The lowest BCUT2D eigenvalue weighted by Crippen LogP contribution is -2.47. The maximum Gasteiger partial charge on any atom is 0.255 e. The van der Waals surface area contributed by atoms with Crippen LogP contribution in [0.5, 0.6) is 0 Å². The predicted molar refractivity (Wildman–Crippen MR) is 160 cm³/mol. The largest absolute Gasteiger partial charge is 0.396 e. The molecule has 0 aromatic heterocycles. The summed E-state index contributed by atoms with van der Waals surface area (Å²) in [6, 6.07) is 0. The van der Waals surface area contributed by atoms with Gasteiger partial charge in [-0.15, -0.1) is 0 Å². The molecule has 0 atom stereocenters. The molecular weight excluding hydrogens is 831 g/mol. The van der Waals surface area contributed by atoms with Gasteiger partial charge in [0.1, 0.15) is 0 Å². The molecule has 0 heterocycles. The van der Waals surface area contributed by atoms with Gasteiger partial charge in [-0.2, -0.15) is 0 Å². The van der Waals surface area contributed by atoms with E-state index in [1.165, 1.54) is 30.8 Å². The fourth-order valence-electron chi connectivity index (χ4n) is 3.46. The maximum atomic E-state index is 13.6. The fraction of sp³-hybridized carbons (Fsp3) is 0.591. The zero-order valence-electron chi connectivity index (χ0n) is 20.6. The van der Waals surface area contributed by atoms with Crippen molar-refractivity contribution >= 4 is 91.2 Å². The van der Waals surface area contributed by atoms with E-state index in [2.05, 4.69) is 5.32 Å². The molecule has 15 heteroatoms. The molecule has 0 fully saturated rings. The van der Waals surface area contributed by atoms with Crippen molar-refractivity contribution in [2.45, 2.75) is 6.92 Å². The van der Waals surface area contributed by atoms with Crippen LogP contribution in [0.2, 0.25) is 0 Å². The third-order valence-electron chi connectivity index (χ3n) is 5.90. The van der Waals surface area contributed by atoms with Gasteiger partial charge in [-0.1, -0.05) is 0 Å². The van der Waals surface area contributed by atoms with Gasteiger partial charge in [0.25, 0.3) is 11.8 Å². The smallest absolute Gasteiger partial charge is 0.255 e. The quantitative estimate of drug-likeness (QED) is 0.129. The van der Waals surface area contributed by atoms with Gasteiger partial charge < -0.3 is 45.8 Å². The standard InChI is InChI=1S/C22H32I3N3O9/c1-12(35)26-18-16(24)13(19(36)27(2)4-21(6-29,7-30)8-31)15(23)14(17(18)25)20(37)28(3)5-22(9-32,10-33)11-34/h29-34H,4-11H2,1-3H3,(H,26,35). The summed E-state index contributed by atoms with van der Waals surface area (Å²) in [5.74, 6) is -1.59. The minimum atomic E-state index is -1.36. The van der Waals surface area contributed by atoms with Gasteiger partial charge in [-0.25, -0.2) is 0 Å². The van der Waals surface area contributed by atoms with E-state index in [0.29, 0.717) is 7.14 Å². The van der Waals surface area contributed by atoms with E-state index >= 15 is 0 Å². The average molecular weight is 863 g/mol. The zero-order valence-corrected chi connectivity index (χ0v) is 27.1. The van der Waals surface area contributed by atoms with Crippen LogP contribution in [-0.2, 0) is 4.79 Å². The van der Waals surface area contributed by atoms with Crippen LogP contribution in [0.4, 0.5) is 5.69 Å². The molecule has 0 aliphatic carbocycles. The van der Waals surface area contributed by atoms with Gasteiger partial charge in [-0.3, -0.25) is 14.4 Å². The van der Waals surface area contributed by atoms with E-state index in [-0.39, 0.29) is 33.5 Å². The van der Waals surface area contributed by atoms with Crippen molar-refractivity contribution in [2.24, 2.45) is 10.8 Å². The molecule has 1 aromatic carbocycles. The first-order chi connectivity index (χ1) is 17.2. The van der Waals surface area contributed by atoms with Crippen molar-refractivity contribution in [3.63, 3.8) is 0 Å². The number of amides is 3. The van der Waals surface area contributed by atoms with Crippen molar-refractivity contribution < 1.29 is 45.0 Å². The van der Waals surface area contributed by atoms with Crippen LogP contribution in [0.25, 0.3) is 0 Å². The summed E-state index contributed by atoms with van der Waals surface area (Å²) < 4.78 is 0.978. The molecule has 12 nitrogen and oxygen atoms in total. The van der Waals surface area contributed by atoms with Crippen LogP contribution in [0.15, 0.2) is 0 Å². The van der Waals surface area contributed by atoms with Crippen molar-refractivity contribution in [3.8, 4) is 0 Å². The Bertz CT molecular complexity index is 918. The number of benzene rings is 1. The molecule has 7 N–H and O–H groups in total. The first-order valence-corrected chi connectivity index (χ1v) is 14.1. The van der Waals surface area contributed by atoms with Crippen molar-refractivity contribution in [3.05, 3.63) is 21.8 Å². The number of carbonyl (C=O) groups is 3. The van der Waals surface area contributed by atoms with E-state index in [1.54, 1.807) is 0 Å². The molecule has 210 valence electrons. The minimum Gasteiger partial charge on any atom is -0.396 e. The molecule has 0 saturated heterocycles. The highest BCUT2D eigenvalue weighted by molar-refractivity contribution is 14.1. The van der Waals surface area contributed by atoms with Crippen LogP contribution in [0.1, 0.15) is 27.6 Å². The molecule has 0 spiro atoms. The maximum absolute atomic E-state index is 13.6. The minimum absolute atomic E-state index is 0.0880. The molecular formula is C22H32I3N3O9. The first kappa shape index (κ1) is 34.6. The van der Waals surface area contributed by atoms with E-state index in [9.17, 15) is 45.0 Å². The number of aliphatic hydroxyl groups excluding tert-OH is 6. The second-order valence-corrected chi connectivity index (χ2v) is 12.3. The molecule has 0 bridgehead atoms. The van der Waals surface area contributed by atoms with Crippen LogP contribution in [0.3, 0.4) is 0 Å². The van der Waals surface area contributed by atoms with Gasteiger partial charge in [0.15, 0.2) is 0 Å². The van der Waals surface area contributed by atoms with Gasteiger partial charge in [0, 0.05) is 37.7 Å². The Morgan fingerprint density at radius 1 is 0.676 bits per heavy atom. The Kier molecular flexibility index (Phi) is 13.9. The van der Waals surface area contributed by atoms with Crippen LogP contribution in [0, 0.1) is 21.5 Å². The molecule has 1 aromatic rings. The van der Waals surface area contributed by atoms with Crippen molar-refractivity contribution in [1.82, 2.24) is 9.80 Å². The van der Waals surface area contributed by atoms with Crippen LogP contribution in [-0.4, -0.2) is 125 Å². The second-order valence-electron chi connectivity index (χ2n) is 9.02. The summed E-state index contributed by atoms with van der Waals surface area (Å²) in [5.41, 5.74) is -2.30. The molecule has 37 heavy (non-hydrogen) atoms. The number of carbonyl (C=O) groups excluding carboxylic acids is 3. The third kappa shape index (κ3) is 7.83. The summed E-state index contributed by atoms with van der Waals surface area (Å²) in [6.45, 7) is -2.57. The molecule has 3 amide bonds. The van der Waals surface area contributed by atoms with E-state index in [1.807, 2.05) is 67.8 Å². The number of aliphatic hydroxyl groups is 6. The summed E-state index contributed by atoms with van der Waals surface area (Å²) in [7, 11) is 2.85. The Labute approximate surface area is 255 Å². The van der Waals surface area contributed by atoms with E-state index in [0.717, 1.165) is 0 Å². The highest BCUT2D eigenvalue weighted by Gasteiger charge is 2.37. The van der Waals surface area contributed by atoms with Gasteiger partial charge in [-0.05, 0) is 67.8 Å². The van der Waals surface area contributed by atoms with Gasteiger partial charge in [0.2, 0.25) is 5.91 Å². The molecule has 0 unspecified atom stereocenters. The summed E-state index contributed by atoms with van der Waals surface area (Å²) in [4.78, 5) is 41.6. The lowest BCUT2D eigenvalue weighted by molar-refractivity contribution is -0.114. The molecule has 1 rings (SSSR count). The number of anilines is 1. The number of hydrogen-bond donors (Lipinski definition) is 7. The first-order valence-electron chi connectivity index (χ1n) is 10.9. The topological polar surface area (TPSA) is 191 Å². The van der Waals surface area contributed by atoms with E-state index in [4.69, 9.17) is 0 Å². The second kappa shape index (κ2) is 14.8. The monoisotopic (exact) mass is 863 g/mol. The van der Waals surface area contributed by atoms with Crippen molar-refractivity contribution in [2.75, 3.05) is 72.1 Å². The molecule has 0 aliphatic heterocycles. The predicted octanol–water partition coefficient (Wildman–Crippen LogP) is -0.471. The highest BCUT2D eigenvalue weighted by Crippen LogP contribution is 2.37. The number of nitrogens with zero attached hydrogens (tertiary/aromatic N) is 2. The summed E-state index contributed by atoms with van der Waals surface area (Å²) in [6.07, 6.45) is 0. The summed E-state index contributed by atoms with van der Waals surface area (Å²) in [5, 5.41) is 60.8. The lowest BCUT2D eigenvalue weighted by atomic mass is 9.90. The molecule has 0 radical (unpaired) electrons. The number of rotatable bonds is 13. The highest BCUT2D eigenvalue weighted by atomic mass is 127. The zero-order chi connectivity index (χ0) is 28.7. The fourth-order valence-corrected chi connectivity index (χ4v) is 7.82. The van der Waals surface area contributed by atoms with Gasteiger partial charge in [0.05, 0.1) is 74.4 Å². The van der Waals surface area contributed by atoms with Gasteiger partial charge >= 0.3 is 0 Å². The number of halogens is 3. The van der Waals surface area contributed by atoms with E-state index < -0.39 is 68.2 Å². The molecule has 0 aliphatic rings. The lowest BCUT2D eigenvalue weighted by Gasteiger charge is -2.34. The number of hydrogen-bond acceptors (Lipinski definition) is 9. The Balaban J connectivity index is 3.73. The summed E-state index contributed by atoms with van der Waals surface area (Å²) >= 11 is 5.64. The SMILES string of the molecule is CC(=O)Nc1c(I)c(C(=O)N(C)CC(CO)(CO)CO)c(I)c(C(=O)N(C)CC(CO)(CO)CO)c1I. The molecule has 0 saturated carbocycles. The average Bonchev–Trinajstić information content (AvgIpc) is 2.88. The Morgan fingerprint density at radius 2 is 0.973 bits per heavy atom. The number of nitrogens with one attached hydrogen (secondary N) is 1. The Hall–Kier alpha value is -0.420. The van der Waals surface area contributed by atoms with Crippen LogP contribution < -0.4 is 5.32 Å².